The van der Waals surface area contributed by atoms with Crippen molar-refractivity contribution in [3.8, 4) is 0 Å². The van der Waals surface area contributed by atoms with Crippen molar-refractivity contribution in [3.63, 3.8) is 0 Å². The van der Waals surface area contributed by atoms with E-state index in [0.29, 0.717) is 0 Å². The van der Waals surface area contributed by atoms with Crippen LogP contribution in [-0.4, -0.2) is 0 Å². The van der Waals surface area contributed by atoms with Gasteiger partial charge in [0.05, 0.1) is 0 Å². The molecule has 11 heavy (non-hydrogen) atoms. The minimum atomic E-state index is 1.08. The second kappa shape index (κ2) is 3.98. The van der Waals surface area contributed by atoms with Crippen molar-refractivity contribution in [2.75, 3.05) is 0 Å². The SMILES string of the molecule is C=CC=CC1=C(NN)CCC1. The van der Waals surface area contributed by atoms with Crippen LogP contribution < -0.4 is 11.3 Å². The predicted molar refractivity (Wildman–Crippen MR) is 47.5 cm³/mol. The molecule has 0 aromatic carbocycles. The highest BCUT2D eigenvalue weighted by Gasteiger charge is 2.09. The molecule has 60 valence electrons. The lowest BCUT2D eigenvalue weighted by Crippen LogP contribution is -2.20. The molecule has 0 unspecified atom stereocenters. The maximum absolute atomic E-state index is 5.33. The van der Waals surface area contributed by atoms with Crippen molar-refractivity contribution in [1.82, 2.24) is 5.43 Å². The summed E-state index contributed by atoms with van der Waals surface area (Å²) < 4.78 is 0. The molecule has 0 radical (unpaired) electrons. The summed E-state index contributed by atoms with van der Waals surface area (Å²) in [6, 6.07) is 0. The van der Waals surface area contributed by atoms with Gasteiger partial charge in [-0.2, -0.15) is 0 Å². The predicted octanol–water partition coefficient (Wildman–Crippen LogP) is 1.63. The van der Waals surface area contributed by atoms with E-state index in [1.807, 2.05) is 6.08 Å². The molecule has 0 atom stereocenters. The van der Waals surface area contributed by atoms with Gasteiger partial charge < -0.3 is 5.43 Å². The largest absolute Gasteiger partial charge is 0.328 e. The molecule has 0 saturated carbocycles. The Hall–Kier alpha value is -1.02. The average Bonchev–Trinajstić information content (AvgIpc) is 2.47. The van der Waals surface area contributed by atoms with Gasteiger partial charge in [-0.1, -0.05) is 24.8 Å². The number of allylic oxidation sites excluding steroid dienone is 5. The van der Waals surface area contributed by atoms with E-state index in [1.54, 1.807) is 6.08 Å². The molecule has 3 N–H and O–H groups in total. The first-order valence-corrected chi connectivity index (χ1v) is 3.86. The quantitative estimate of drug-likeness (QED) is 0.364. The fourth-order valence-electron chi connectivity index (χ4n) is 1.30. The summed E-state index contributed by atoms with van der Waals surface area (Å²) in [5.41, 5.74) is 5.20. The summed E-state index contributed by atoms with van der Waals surface area (Å²) in [7, 11) is 0. The topological polar surface area (TPSA) is 38.0 Å². The molecule has 0 amide bonds. The molecule has 1 rings (SSSR count). The maximum atomic E-state index is 5.33. The normalized spacial score (nSPS) is 17.9. The molecule has 2 heteroatoms. The van der Waals surface area contributed by atoms with Crippen LogP contribution in [0.4, 0.5) is 0 Å². The van der Waals surface area contributed by atoms with Crippen LogP contribution in [0.5, 0.6) is 0 Å². The third kappa shape index (κ3) is 1.95. The molecular formula is C9H14N2. The average molecular weight is 150 g/mol. The van der Waals surface area contributed by atoms with E-state index in [9.17, 15) is 0 Å². The van der Waals surface area contributed by atoms with Gasteiger partial charge in [-0.25, -0.2) is 0 Å². The number of nitrogens with two attached hydrogens (primary N) is 1. The number of hydrazine groups is 1. The third-order valence-electron chi connectivity index (χ3n) is 1.87. The van der Waals surface area contributed by atoms with Crippen molar-refractivity contribution in [2.24, 2.45) is 5.84 Å². The Morgan fingerprint density at radius 2 is 2.27 bits per heavy atom. The molecule has 0 spiro atoms. The van der Waals surface area contributed by atoms with Crippen molar-refractivity contribution < 1.29 is 0 Å². The molecule has 0 aromatic rings. The second-order valence-electron chi connectivity index (χ2n) is 2.60. The third-order valence-corrected chi connectivity index (χ3v) is 1.87. The fraction of sp³-hybridized carbons (Fsp3) is 0.333. The number of hydrogen-bond acceptors (Lipinski definition) is 2. The monoisotopic (exact) mass is 150 g/mol. The molecule has 0 saturated heterocycles. The van der Waals surface area contributed by atoms with Gasteiger partial charge in [0.2, 0.25) is 0 Å². The van der Waals surface area contributed by atoms with Gasteiger partial charge in [-0.3, -0.25) is 5.84 Å². The smallest absolute Gasteiger partial charge is 0.0291 e. The Morgan fingerprint density at radius 3 is 2.91 bits per heavy atom. The molecule has 0 bridgehead atoms. The Kier molecular flexibility index (Phi) is 2.93. The van der Waals surface area contributed by atoms with Gasteiger partial charge in [0.25, 0.3) is 0 Å². The highest BCUT2D eigenvalue weighted by Crippen LogP contribution is 2.23. The second-order valence-corrected chi connectivity index (χ2v) is 2.60. The minimum absolute atomic E-state index is 1.08. The fourth-order valence-corrected chi connectivity index (χ4v) is 1.30. The number of nitrogens with one attached hydrogen (secondary N) is 1. The first kappa shape index (κ1) is 8.08. The summed E-state index contributed by atoms with van der Waals surface area (Å²) in [6.07, 6.45) is 9.19. The van der Waals surface area contributed by atoms with Crippen LogP contribution in [0.15, 0.2) is 36.1 Å². The Morgan fingerprint density at radius 1 is 1.45 bits per heavy atom. The van der Waals surface area contributed by atoms with Gasteiger partial charge in [-0.05, 0) is 24.8 Å². The summed E-state index contributed by atoms with van der Waals surface area (Å²) in [4.78, 5) is 0. The van der Waals surface area contributed by atoms with E-state index >= 15 is 0 Å². The Balaban J connectivity index is 2.66. The van der Waals surface area contributed by atoms with Crippen LogP contribution in [-0.2, 0) is 0 Å². The van der Waals surface area contributed by atoms with Gasteiger partial charge in [0, 0.05) is 5.70 Å². The lowest BCUT2D eigenvalue weighted by atomic mass is 10.2. The molecule has 2 nitrogen and oxygen atoms in total. The first-order valence-electron chi connectivity index (χ1n) is 3.86. The summed E-state index contributed by atoms with van der Waals surface area (Å²) in [5, 5.41) is 0. The van der Waals surface area contributed by atoms with Crippen molar-refractivity contribution in [2.45, 2.75) is 19.3 Å². The zero-order valence-corrected chi connectivity index (χ0v) is 6.64. The summed E-state index contributed by atoms with van der Waals surface area (Å²) in [6.45, 7) is 3.61. The highest BCUT2D eigenvalue weighted by molar-refractivity contribution is 5.29. The van der Waals surface area contributed by atoms with Gasteiger partial charge in [0.1, 0.15) is 0 Å². The molecule has 0 heterocycles. The maximum Gasteiger partial charge on any atom is 0.0291 e. The van der Waals surface area contributed by atoms with E-state index in [2.05, 4.69) is 18.1 Å². The van der Waals surface area contributed by atoms with E-state index in [4.69, 9.17) is 5.84 Å². The summed E-state index contributed by atoms with van der Waals surface area (Å²) in [5.74, 6) is 5.33. The Labute approximate surface area is 67.4 Å². The molecule has 0 fully saturated rings. The minimum Gasteiger partial charge on any atom is -0.328 e. The van der Waals surface area contributed by atoms with Crippen LogP contribution in [0, 0.1) is 0 Å². The standard InChI is InChI=1S/C9H14N2/c1-2-3-5-8-6-4-7-9(8)11-10/h2-3,5,11H,1,4,6-7,10H2. The molecule has 0 aliphatic heterocycles. The lowest BCUT2D eigenvalue weighted by Gasteiger charge is -2.00. The zero-order valence-electron chi connectivity index (χ0n) is 6.64. The van der Waals surface area contributed by atoms with Crippen LogP contribution in [0.1, 0.15) is 19.3 Å². The molecule has 0 aromatic heterocycles. The highest BCUT2D eigenvalue weighted by atomic mass is 15.2. The first-order chi connectivity index (χ1) is 5.38. The van der Waals surface area contributed by atoms with Gasteiger partial charge in [0.15, 0.2) is 0 Å². The van der Waals surface area contributed by atoms with Gasteiger partial charge >= 0.3 is 0 Å². The van der Waals surface area contributed by atoms with E-state index in [1.165, 1.54) is 17.7 Å². The van der Waals surface area contributed by atoms with E-state index < -0.39 is 0 Å². The lowest BCUT2D eigenvalue weighted by molar-refractivity contribution is 0.803. The summed E-state index contributed by atoms with van der Waals surface area (Å²) >= 11 is 0. The zero-order chi connectivity index (χ0) is 8.10. The van der Waals surface area contributed by atoms with Crippen LogP contribution in [0.25, 0.3) is 0 Å². The van der Waals surface area contributed by atoms with Crippen molar-refractivity contribution in [1.29, 1.82) is 0 Å². The Bertz CT molecular complexity index is 202. The van der Waals surface area contributed by atoms with Crippen molar-refractivity contribution >= 4 is 0 Å². The van der Waals surface area contributed by atoms with Crippen LogP contribution >= 0.6 is 0 Å². The van der Waals surface area contributed by atoms with Crippen molar-refractivity contribution in [3.05, 3.63) is 36.1 Å². The van der Waals surface area contributed by atoms with Crippen LogP contribution in [0.2, 0.25) is 0 Å². The molecule has 1 aliphatic carbocycles. The van der Waals surface area contributed by atoms with E-state index in [-0.39, 0.29) is 0 Å². The van der Waals surface area contributed by atoms with Crippen LogP contribution in [0.3, 0.4) is 0 Å². The van der Waals surface area contributed by atoms with E-state index in [0.717, 1.165) is 12.8 Å². The van der Waals surface area contributed by atoms with Gasteiger partial charge in [-0.15, -0.1) is 0 Å². The molecular weight excluding hydrogens is 136 g/mol. The number of rotatable bonds is 3. The number of hydrogen-bond donors (Lipinski definition) is 2. The molecule has 1 aliphatic rings.